The lowest BCUT2D eigenvalue weighted by Crippen LogP contribution is -1.92. The van der Waals surface area contributed by atoms with Gasteiger partial charge in [0.25, 0.3) is 0 Å². The largest absolute Gasteiger partial charge is 0.287 e. The minimum absolute atomic E-state index is 0.265. The lowest BCUT2D eigenvalue weighted by molar-refractivity contribution is -0.111. The van der Waals surface area contributed by atoms with E-state index < -0.39 is 0 Å². The van der Waals surface area contributed by atoms with E-state index in [2.05, 4.69) is 24.3 Å². The summed E-state index contributed by atoms with van der Waals surface area (Å²) in [6, 6.07) is 20.3. The molecule has 0 radical (unpaired) electrons. The molecule has 3 heteroatoms. The number of unbranched alkanes of at least 4 members (excludes halogenated alkanes) is 1. The number of hydrogen-bond donors (Lipinski definition) is 0. The molecule has 0 unspecified atom stereocenters. The number of hydrogen-bond acceptors (Lipinski definition) is 3. The van der Waals surface area contributed by atoms with E-state index >= 15 is 0 Å². The van der Waals surface area contributed by atoms with Gasteiger partial charge < -0.3 is 0 Å². The predicted molar refractivity (Wildman–Crippen MR) is 88.3 cm³/mol. The summed E-state index contributed by atoms with van der Waals surface area (Å²) in [7, 11) is 0. The Balaban J connectivity index is 1.58. The summed E-state index contributed by atoms with van der Waals surface area (Å²) in [4.78, 5) is 14.1. The fourth-order valence-electron chi connectivity index (χ4n) is 1.75. The van der Waals surface area contributed by atoms with E-state index in [0.717, 1.165) is 23.5 Å². The first kappa shape index (κ1) is 15.2. The molecule has 2 aromatic carbocycles. The Kier molecular flexibility index (Phi) is 6.75. The van der Waals surface area contributed by atoms with Gasteiger partial charge in [-0.2, -0.15) is 0 Å². The number of rotatable bonds is 7. The average molecular weight is 302 g/mol. The molecular formula is C17H18OS2. The summed E-state index contributed by atoms with van der Waals surface area (Å²) in [5.41, 5.74) is 0. The number of carbonyl (C=O) groups is 1. The van der Waals surface area contributed by atoms with Crippen LogP contribution in [0.3, 0.4) is 0 Å². The molecule has 1 nitrogen and oxygen atoms in total. The van der Waals surface area contributed by atoms with E-state index in [1.54, 1.807) is 0 Å². The van der Waals surface area contributed by atoms with Crippen molar-refractivity contribution < 1.29 is 4.79 Å². The monoisotopic (exact) mass is 302 g/mol. The number of carbonyl (C=O) groups excluding carboxylic acids is 1. The quantitative estimate of drug-likeness (QED) is 0.512. The third-order valence-electron chi connectivity index (χ3n) is 2.76. The third-order valence-corrected chi connectivity index (χ3v) is 4.80. The molecule has 2 rings (SSSR count). The summed E-state index contributed by atoms with van der Waals surface area (Å²) in [6.45, 7) is 0. The number of thioether (sulfide) groups is 2. The van der Waals surface area contributed by atoms with Crippen molar-refractivity contribution in [2.45, 2.75) is 29.1 Å². The summed E-state index contributed by atoms with van der Waals surface area (Å²) in [5.74, 6) is 1.08. The highest BCUT2D eigenvalue weighted by molar-refractivity contribution is 8.13. The van der Waals surface area contributed by atoms with Gasteiger partial charge in [-0.15, -0.1) is 11.8 Å². The van der Waals surface area contributed by atoms with E-state index in [-0.39, 0.29) is 5.12 Å². The molecule has 20 heavy (non-hydrogen) atoms. The van der Waals surface area contributed by atoms with Gasteiger partial charge in [0.05, 0.1) is 0 Å². The van der Waals surface area contributed by atoms with Crippen molar-refractivity contribution >= 4 is 28.6 Å². The maximum Gasteiger partial charge on any atom is 0.193 e. The molecule has 0 atom stereocenters. The second-order valence-electron chi connectivity index (χ2n) is 4.41. The lowest BCUT2D eigenvalue weighted by atomic mass is 10.3. The smallest absolute Gasteiger partial charge is 0.193 e. The minimum atomic E-state index is 0.265. The van der Waals surface area contributed by atoms with E-state index in [4.69, 9.17) is 0 Å². The molecule has 0 aromatic heterocycles. The normalized spacial score (nSPS) is 10.4. The van der Waals surface area contributed by atoms with Crippen LogP contribution in [0, 0.1) is 0 Å². The van der Waals surface area contributed by atoms with E-state index in [1.807, 2.05) is 48.2 Å². The van der Waals surface area contributed by atoms with Crippen molar-refractivity contribution in [3.63, 3.8) is 0 Å². The van der Waals surface area contributed by atoms with Crippen LogP contribution < -0.4 is 0 Å². The average Bonchev–Trinajstić information content (AvgIpc) is 2.49. The molecule has 0 aliphatic rings. The summed E-state index contributed by atoms with van der Waals surface area (Å²) >= 11 is 3.21. The molecule has 2 aromatic rings. The van der Waals surface area contributed by atoms with Crippen molar-refractivity contribution in [2.75, 3.05) is 5.75 Å². The lowest BCUT2D eigenvalue weighted by Gasteiger charge is -2.02. The van der Waals surface area contributed by atoms with Gasteiger partial charge in [0.2, 0.25) is 0 Å². The molecule has 0 amide bonds. The Morgan fingerprint density at radius 1 is 0.800 bits per heavy atom. The summed E-state index contributed by atoms with van der Waals surface area (Å²) < 4.78 is 0. The van der Waals surface area contributed by atoms with Crippen LogP contribution in [0.15, 0.2) is 70.5 Å². The Labute approximate surface area is 129 Å². The van der Waals surface area contributed by atoms with Gasteiger partial charge in [-0.05, 0) is 42.9 Å². The maximum absolute atomic E-state index is 11.8. The van der Waals surface area contributed by atoms with Gasteiger partial charge >= 0.3 is 0 Å². The second kappa shape index (κ2) is 8.88. The van der Waals surface area contributed by atoms with Crippen LogP contribution in [0.4, 0.5) is 0 Å². The Morgan fingerprint density at radius 3 is 2.05 bits per heavy atom. The maximum atomic E-state index is 11.8. The Morgan fingerprint density at radius 2 is 1.40 bits per heavy atom. The van der Waals surface area contributed by atoms with Crippen LogP contribution in [-0.4, -0.2) is 10.9 Å². The standard InChI is InChI=1S/C17H18OS2/c18-17(20-16-11-5-2-6-12-16)13-7-8-14-19-15-9-3-1-4-10-15/h1-6,9-12H,7-8,13-14H2. The van der Waals surface area contributed by atoms with Gasteiger partial charge in [0.1, 0.15) is 0 Å². The zero-order valence-electron chi connectivity index (χ0n) is 11.3. The molecular weight excluding hydrogens is 284 g/mol. The molecule has 0 aliphatic carbocycles. The number of benzene rings is 2. The van der Waals surface area contributed by atoms with Crippen LogP contribution >= 0.6 is 23.5 Å². The first-order chi connectivity index (χ1) is 9.84. The second-order valence-corrected chi connectivity index (χ2v) is 6.70. The van der Waals surface area contributed by atoms with Crippen molar-refractivity contribution in [1.82, 2.24) is 0 Å². The van der Waals surface area contributed by atoms with Crippen LogP contribution in [-0.2, 0) is 4.79 Å². The third kappa shape index (κ3) is 5.85. The first-order valence-electron chi connectivity index (χ1n) is 6.78. The van der Waals surface area contributed by atoms with Gasteiger partial charge in [0, 0.05) is 16.2 Å². The molecule has 0 heterocycles. The van der Waals surface area contributed by atoms with Gasteiger partial charge in [-0.25, -0.2) is 0 Å². The first-order valence-corrected chi connectivity index (χ1v) is 8.58. The zero-order valence-corrected chi connectivity index (χ0v) is 13.0. The topological polar surface area (TPSA) is 17.1 Å². The highest BCUT2D eigenvalue weighted by Crippen LogP contribution is 2.22. The van der Waals surface area contributed by atoms with Crippen molar-refractivity contribution in [1.29, 1.82) is 0 Å². The fourth-order valence-corrected chi connectivity index (χ4v) is 3.49. The van der Waals surface area contributed by atoms with E-state index in [0.29, 0.717) is 6.42 Å². The van der Waals surface area contributed by atoms with Crippen LogP contribution in [0.1, 0.15) is 19.3 Å². The van der Waals surface area contributed by atoms with Gasteiger partial charge in [-0.3, -0.25) is 4.79 Å². The van der Waals surface area contributed by atoms with Crippen LogP contribution in [0.2, 0.25) is 0 Å². The summed E-state index contributed by atoms with van der Waals surface area (Å²) in [5, 5.41) is 0.265. The van der Waals surface area contributed by atoms with Gasteiger partial charge in [-0.1, -0.05) is 48.2 Å². The Hall–Kier alpha value is -1.19. The molecule has 0 N–H and O–H groups in total. The fraction of sp³-hybridized carbons (Fsp3) is 0.235. The summed E-state index contributed by atoms with van der Waals surface area (Å²) in [6.07, 6.45) is 2.72. The van der Waals surface area contributed by atoms with Crippen molar-refractivity contribution in [2.24, 2.45) is 0 Å². The highest BCUT2D eigenvalue weighted by Gasteiger charge is 2.04. The minimum Gasteiger partial charge on any atom is -0.287 e. The molecule has 0 saturated carbocycles. The highest BCUT2D eigenvalue weighted by atomic mass is 32.2. The van der Waals surface area contributed by atoms with E-state index in [9.17, 15) is 4.79 Å². The molecule has 0 aliphatic heterocycles. The molecule has 0 fully saturated rings. The van der Waals surface area contributed by atoms with Gasteiger partial charge in [0.15, 0.2) is 5.12 Å². The predicted octanol–water partition coefficient (Wildman–Crippen LogP) is 5.27. The molecule has 0 bridgehead atoms. The molecule has 0 saturated heterocycles. The van der Waals surface area contributed by atoms with Crippen LogP contribution in [0.5, 0.6) is 0 Å². The van der Waals surface area contributed by atoms with Crippen LogP contribution in [0.25, 0.3) is 0 Å². The van der Waals surface area contributed by atoms with E-state index in [1.165, 1.54) is 16.7 Å². The SMILES string of the molecule is O=C(CCCCSc1ccccc1)Sc1ccccc1. The van der Waals surface area contributed by atoms with Crippen molar-refractivity contribution in [3.8, 4) is 0 Å². The molecule has 0 spiro atoms. The van der Waals surface area contributed by atoms with Crippen molar-refractivity contribution in [3.05, 3.63) is 60.7 Å². The Bertz CT molecular complexity index is 511. The zero-order chi connectivity index (χ0) is 14.0. The molecule has 104 valence electrons.